The summed E-state index contributed by atoms with van der Waals surface area (Å²) in [6, 6.07) is 6.81. The minimum Gasteiger partial charge on any atom is -0.308 e. The van der Waals surface area contributed by atoms with Crippen LogP contribution in [0.3, 0.4) is 0 Å². The number of anilines is 1. The molecule has 3 aromatic rings. The van der Waals surface area contributed by atoms with E-state index < -0.39 is 6.04 Å². The van der Waals surface area contributed by atoms with Crippen molar-refractivity contribution in [3.63, 3.8) is 0 Å². The topological polar surface area (TPSA) is 92.7 Å². The molecule has 0 fully saturated rings. The van der Waals surface area contributed by atoms with Crippen molar-refractivity contribution in [1.82, 2.24) is 14.3 Å². The maximum atomic E-state index is 12.9. The fourth-order valence-corrected chi connectivity index (χ4v) is 3.41. The van der Waals surface area contributed by atoms with Crippen LogP contribution in [0.15, 0.2) is 29.2 Å². The first kappa shape index (κ1) is 18.4. The molecule has 0 saturated carbocycles. The maximum absolute atomic E-state index is 12.9. The molecule has 0 aliphatic rings. The zero-order chi connectivity index (χ0) is 19.9. The predicted octanol–water partition coefficient (Wildman–Crippen LogP) is 2.73. The summed E-state index contributed by atoms with van der Waals surface area (Å²) >= 11 is 0. The number of amides is 1. The fourth-order valence-electron chi connectivity index (χ4n) is 3.41. The molecule has 2 heterocycles. The Morgan fingerprint density at radius 2 is 1.93 bits per heavy atom. The largest absolute Gasteiger partial charge is 0.308 e. The molecule has 0 aliphatic heterocycles. The number of hydrogen-bond acceptors (Lipinski definition) is 4. The lowest BCUT2D eigenvalue weighted by molar-refractivity contribution is -0.118. The Kier molecular flexibility index (Phi) is 4.58. The number of rotatable bonds is 3. The summed E-state index contributed by atoms with van der Waals surface area (Å²) in [5.74, 6) is -0.0753. The molecule has 0 aliphatic carbocycles. The van der Waals surface area contributed by atoms with Crippen molar-refractivity contribution in [3.8, 4) is 6.07 Å². The van der Waals surface area contributed by atoms with Gasteiger partial charge in [0.1, 0.15) is 23.5 Å². The number of hydrogen-bond donors (Lipinski definition) is 1. The number of carbonyl (C=O) groups is 1. The van der Waals surface area contributed by atoms with Gasteiger partial charge in [-0.25, -0.2) is 0 Å². The van der Waals surface area contributed by atoms with Crippen LogP contribution in [0.1, 0.15) is 35.2 Å². The van der Waals surface area contributed by atoms with Gasteiger partial charge in [0.15, 0.2) is 0 Å². The molecule has 27 heavy (non-hydrogen) atoms. The highest BCUT2D eigenvalue weighted by molar-refractivity contribution is 5.95. The number of aromatic nitrogens is 3. The van der Waals surface area contributed by atoms with Gasteiger partial charge < -0.3 is 5.32 Å². The second-order valence-corrected chi connectivity index (χ2v) is 6.82. The van der Waals surface area contributed by atoms with Crippen LogP contribution in [0, 0.1) is 32.1 Å². The van der Waals surface area contributed by atoms with Gasteiger partial charge in [0.2, 0.25) is 5.91 Å². The lowest BCUT2D eigenvalue weighted by Crippen LogP contribution is -2.32. The monoisotopic (exact) mass is 363 g/mol. The molecular formula is C20H21N5O2. The normalized spacial score (nSPS) is 12.0. The third kappa shape index (κ3) is 3.10. The van der Waals surface area contributed by atoms with E-state index in [0.29, 0.717) is 5.82 Å². The van der Waals surface area contributed by atoms with E-state index in [9.17, 15) is 9.59 Å². The van der Waals surface area contributed by atoms with E-state index >= 15 is 0 Å². The first-order chi connectivity index (χ1) is 12.7. The van der Waals surface area contributed by atoms with Crippen molar-refractivity contribution >= 4 is 22.6 Å². The van der Waals surface area contributed by atoms with Gasteiger partial charge in [-0.2, -0.15) is 10.4 Å². The molecule has 2 aromatic heterocycles. The molecule has 0 radical (unpaired) electrons. The van der Waals surface area contributed by atoms with Gasteiger partial charge >= 0.3 is 0 Å². The van der Waals surface area contributed by atoms with E-state index in [1.807, 2.05) is 39.0 Å². The van der Waals surface area contributed by atoms with E-state index in [2.05, 4.69) is 10.4 Å². The first-order valence-electron chi connectivity index (χ1n) is 8.60. The van der Waals surface area contributed by atoms with Crippen molar-refractivity contribution in [2.75, 3.05) is 5.32 Å². The average Bonchev–Trinajstić information content (AvgIpc) is 2.95. The molecule has 1 amide bonds. The number of nitrogens with one attached hydrogen (secondary N) is 1. The quantitative estimate of drug-likeness (QED) is 0.774. The number of carbonyl (C=O) groups excluding carboxylic acids is 1. The number of aryl methyl sites for hydroxylation is 4. The van der Waals surface area contributed by atoms with Crippen LogP contribution >= 0.6 is 0 Å². The van der Waals surface area contributed by atoms with E-state index in [0.717, 1.165) is 27.6 Å². The van der Waals surface area contributed by atoms with Gasteiger partial charge in [0.05, 0.1) is 11.7 Å². The van der Waals surface area contributed by atoms with Gasteiger partial charge in [-0.05, 0) is 44.9 Å². The van der Waals surface area contributed by atoms with Crippen LogP contribution in [0.4, 0.5) is 5.82 Å². The molecule has 1 N–H and O–H groups in total. The van der Waals surface area contributed by atoms with Gasteiger partial charge in [-0.1, -0.05) is 11.6 Å². The SMILES string of the molecule is Cc1cc(C)c2c(c1)c(C)cc(=O)n2C(C)C(=O)Nc1c(C#N)cnn1C. The smallest absolute Gasteiger partial charge is 0.252 e. The highest BCUT2D eigenvalue weighted by Gasteiger charge is 2.22. The minimum absolute atomic E-state index is 0.236. The number of nitrogens with zero attached hydrogens (tertiary/aromatic N) is 4. The summed E-state index contributed by atoms with van der Waals surface area (Å²) in [6.07, 6.45) is 1.39. The highest BCUT2D eigenvalue weighted by atomic mass is 16.2. The number of pyridine rings is 1. The van der Waals surface area contributed by atoms with Crippen LogP contribution in [-0.4, -0.2) is 20.3 Å². The van der Waals surface area contributed by atoms with Crippen molar-refractivity contribution in [3.05, 3.63) is 57.0 Å². The van der Waals surface area contributed by atoms with Crippen molar-refractivity contribution in [2.45, 2.75) is 33.7 Å². The molecule has 1 unspecified atom stereocenters. The Hall–Kier alpha value is -3.40. The molecule has 3 rings (SSSR count). The van der Waals surface area contributed by atoms with Gasteiger partial charge in [-0.15, -0.1) is 0 Å². The summed E-state index contributed by atoms with van der Waals surface area (Å²) in [5, 5.41) is 16.8. The second kappa shape index (κ2) is 6.72. The number of benzene rings is 1. The maximum Gasteiger partial charge on any atom is 0.252 e. The standard InChI is InChI=1S/C20H21N5O2/c1-11-6-13(3)18-16(7-11)12(2)8-17(26)25(18)14(4)20(27)23-19-15(9-21)10-22-24(19)5/h6-8,10,14H,1-5H3,(H,23,27). The Morgan fingerprint density at radius 3 is 2.59 bits per heavy atom. The highest BCUT2D eigenvalue weighted by Crippen LogP contribution is 2.25. The van der Waals surface area contributed by atoms with E-state index in [1.165, 1.54) is 15.4 Å². The van der Waals surface area contributed by atoms with Crippen LogP contribution in [0.2, 0.25) is 0 Å². The Morgan fingerprint density at radius 1 is 1.22 bits per heavy atom. The predicted molar refractivity (Wildman–Crippen MR) is 104 cm³/mol. The van der Waals surface area contributed by atoms with Gasteiger partial charge in [0.25, 0.3) is 5.56 Å². The summed E-state index contributed by atoms with van der Waals surface area (Å²) < 4.78 is 2.93. The van der Waals surface area contributed by atoms with Crippen LogP contribution < -0.4 is 10.9 Å². The van der Waals surface area contributed by atoms with Crippen LogP contribution in [0.5, 0.6) is 0 Å². The second-order valence-electron chi connectivity index (χ2n) is 6.82. The molecule has 138 valence electrons. The average molecular weight is 363 g/mol. The van der Waals surface area contributed by atoms with Gasteiger partial charge in [0, 0.05) is 18.5 Å². The summed E-state index contributed by atoms with van der Waals surface area (Å²) in [7, 11) is 1.64. The molecule has 1 aromatic carbocycles. The van der Waals surface area contributed by atoms with Crippen LogP contribution in [-0.2, 0) is 11.8 Å². The third-order valence-corrected chi connectivity index (χ3v) is 4.76. The lowest BCUT2D eigenvalue weighted by Gasteiger charge is -2.20. The summed E-state index contributed by atoms with van der Waals surface area (Å²) in [5.41, 5.74) is 3.69. The molecule has 0 saturated heterocycles. The zero-order valence-corrected chi connectivity index (χ0v) is 16.0. The van der Waals surface area contributed by atoms with E-state index in [1.54, 1.807) is 20.0 Å². The molecule has 0 spiro atoms. The number of nitriles is 1. The Balaban J connectivity index is 2.12. The van der Waals surface area contributed by atoms with E-state index in [-0.39, 0.29) is 17.0 Å². The van der Waals surface area contributed by atoms with Gasteiger partial charge in [-0.3, -0.25) is 18.8 Å². The van der Waals surface area contributed by atoms with Crippen molar-refractivity contribution in [2.24, 2.45) is 7.05 Å². The van der Waals surface area contributed by atoms with E-state index in [4.69, 9.17) is 5.26 Å². The summed E-state index contributed by atoms with van der Waals surface area (Å²) in [6.45, 7) is 7.51. The molecule has 7 heteroatoms. The Bertz CT molecular complexity index is 1160. The molecule has 7 nitrogen and oxygen atoms in total. The number of fused-ring (bicyclic) bond motifs is 1. The van der Waals surface area contributed by atoms with Crippen molar-refractivity contribution < 1.29 is 4.79 Å². The molecule has 1 atom stereocenters. The van der Waals surface area contributed by atoms with Crippen LogP contribution in [0.25, 0.3) is 10.9 Å². The first-order valence-corrected chi connectivity index (χ1v) is 8.60. The summed E-state index contributed by atoms with van der Waals surface area (Å²) in [4.78, 5) is 25.6. The zero-order valence-electron chi connectivity index (χ0n) is 16.0. The Labute approximate surface area is 156 Å². The lowest BCUT2D eigenvalue weighted by atomic mass is 10.0. The minimum atomic E-state index is -0.761. The molecule has 0 bridgehead atoms. The molecular weight excluding hydrogens is 342 g/mol. The fraction of sp³-hybridized carbons (Fsp3) is 0.300. The van der Waals surface area contributed by atoms with Crippen molar-refractivity contribution in [1.29, 1.82) is 5.26 Å². The third-order valence-electron chi connectivity index (χ3n) is 4.76.